The van der Waals surface area contributed by atoms with Crippen molar-refractivity contribution in [1.29, 1.82) is 0 Å². The lowest BCUT2D eigenvalue weighted by atomic mass is 10.1. The predicted molar refractivity (Wildman–Crippen MR) is 142 cm³/mol. The summed E-state index contributed by atoms with van der Waals surface area (Å²) in [6.07, 6.45) is 0.340. The van der Waals surface area contributed by atoms with Gasteiger partial charge in [-0.15, -0.1) is 0 Å². The van der Waals surface area contributed by atoms with E-state index in [1.165, 1.54) is 24.1 Å². The molecule has 196 valence electrons. The first-order valence-corrected chi connectivity index (χ1v) is 13.4. The summed E-state index contributed by atoms with van der Waals surface area (Å²) in [4.78, 5) is 27.8. The van der Waals surface area contributed by atoms with Crippen LogP contribution in [0.1, 0.15) is 30.0 Å². The van der Waals surface area contributed by atoms with E-state index in [4.69, 9.17) is 0 Å². The number of rotatable bonds is 10. The van der Waals surface area contributed by atoms with Crippen molar-refractivity contribution in [2.45, 2.75) is 44.7 Å². The molecule has 0 aromatic heterocycles. The molecule has 0 radical (unpaired) electrons. The first-order chi connectivity index (χ1) is 17.6. The van der Waals surface area contributed by atoms with Gasteiger partial charge >= 0.3 is 0 Å². The highest BCUT2D eigenvalue weighted by Gasteiger charge is 2.33. The number of carbonyl (C=O) groups is 2. The summed E-state index contributed by atoms with van der Waals surface area (Å²) in [5.41, 5.74) is 3.06. The maximum absolute atomic E-state index is 13.8. The zero-order valence-corrected chi connectivity index (χ0v) is 22.3. The van der Waals surface area contributed by atoms with Crippen LogP contribution in [0.25, 0.3) is 0 Å². The quantitative estimate of drug-likeness (QED) is 0.430. The van der Waals surface area contributed by atoms with Crippen molar-refractivity contribution in [3.05, 3.63) is 95.3 Å². The molecule has 0 saturated carbocycles. The number of hydrogen-bond acceptors (Lipinski definition) is 4. The molecule has 2 amide bonds. The van der Waals surface area contributed by atoms with Crippen molar-refractivity contribution >= 4 is 27.5 Å². The zero-order chi connectivity index (χ0) is 27.2. The molecule has 1 N–H and O–H groups in total. The molecule has 0 saturated heterocycles. The molecule has 3 rings (SSSR count). The molecule has 0 aliphatic heterocycles. The summed E-state index contributed by atoms with van der Waals surface area (Å²) in [5, 5.41) is 2.60. The average molecular weight is 526 g/mol. The van der Waals surface area contributed by atoms with Crippen molar-refractivity contribution in [3.8, 4) is 0 Å². The number of aryl methyl sites for hydroxylation is 2. The van der Waals surface area contributed by atoms with E-state index in [-0.39, 0.29) is 23.0 Å². The molecule has 0 aliphatic rings. The number of amides is 2. The van der Waals surface area contributed by atoms with E-state index in [0.29, 0.717) is 6.42 Å². The van der Waals surface area contributed by atoms with Gasteiger partial charge in [0.2, 0.25) is 11.8 Å². The molecule has 1 atom stereocenters. The second-order valence-corrected chi connectivity index (χ2v) is 10.7. The fourth-order valence-electron chi connectivity index (χ4n) is 3.95. The van der Waals surface area contributed by atoms with Gasteiger partial charge in [0, 0.05) is 13.6 Å². The van der Waals surface area contributed by atoms with E-state index in [1.54, 1.807) is 31.2 Å². The molecular formula is C28H32FN3O4S. The van der Waals surface area contributed by atoms with Gasteiger partial charge in [-0.2, -0.15) is 0 Å². The number of nitrogens with one attached hydrogen (secondary N) is 1. The molecule has 0 heterocycles. The van der Waals surface area contributed by atoms with Crippen LogP contribution < -0.4 is 9.62 Å². The largest absolute Gasteiger partial charge is 0.357 e. The Bertz CT molecular complexity index is 1330. The molecule has 0 bridgehead atoms. The molecule has 3 aromatic carbocycles. The Morgan fingerprint density at radius 1 is 0.892 bits per heavy atom. The third kappa shape index (κ3) is 6.74. The Kier molecular flexibility index (Phi) is 9.04. The topological polar surface area (TPSA) is 86.8 Å². The minimum absolute atomic E-state index is 0.128. The van der Waals surface area contributed by atoms with Crippen LogP contribution >= 0.6 is 0 Å². The second-order valence-electron chi connectivity index (χ2n) is 8.85. The molecular weight excluding hydrogens is 493 g/mol. The van der Waals surface area contributed by atoms with Crippen LogP contribution in [-0.4, -0.2) is 44.8 Å². The fraction of sp³-hybridized carbons (Fsp3) is 0.286. The summed E-state index contributed by atoms with van der Waals surface area (Å²) in [7, 11) is -2.73. The van der Waals surface area contributed by atoms with E-state index in [2.05, 4.69) is 5.32 Å². The van der Waals surface area contributed by atoms with Crippen molar-refractivity contribution in [3.63, 3.8) is 0 Å². The van der Waals surface area contributed by atoms with Gasteiger partial charge in [-0.3, -0.25) is 13.9 Å². The smallest absolute Gasteiger partial charge is 0.264 e. The Labute approximate surface area is 218 Å². The summed E-state index contributed by atoms with van der Waals surface area (Å²) < 4.78 is 41.9. The van der Waals surface area contributed by atoms with Crippen molar-refractivity contribution < 1.29 is 22.4 Å². The highest BCUT2D eigenvalue weighted by Crippen LogP contribution is 2.25. The molecule has 7 nitrogen and oxygen atoms in total. The minimum Gasteiger partial charge on any atom is -0.357 e. The highest BCUT2D eigenvalue weighted by atomic mass is 32.2. The van der Waals surface area contributed by atoms with Crippen LogP contribution in [0, 0.1) is 19.7 Å². The summed E-state index contributed by atoms with van der Waals surface area (Å²) >= 11 is 0. The van der Waals surface area contributed by atoms with Gasteiger partial charge in [-0.25, -0.2) is 12.8 Å². The predicted octanol–water partition coefficient (Wildman–Crippen LogP) is 4.19. The Morgan fingerprint density at radius 2 is 1.43 bits per heavy atom. The highest BCUT2D eigenvalue weighted by molar-refractivity contribution is 7.92. The first-order valence-electron chi connectivity index (χ1n) is 12.0. The maximum Gasteiger partial charge on any atom is 0.264 e. The lowest BCUT2D eigenvalue weighted by Crippen LogP contribution is -2.51. The molecule has 3 aromatic rings. The van der Waals surface area contributed by atoms with E-state index >= 15 is 0 Å². The summed E-state index contributed by atoms with van der Waals surface area (Å²) in [5.74, 6) is -1.45. The number of benzene rings is 3. The monoisotopic (exact) mass is 525 g/mol. The van der Waals surface area contributed by atoms with Crippen molar-refractivity contribution in [2.24, 2.45) is 0 Å². The molecule has 9 heteroatoms. The number of sulfonamides is 1. The normalized spacial score (nSPS) is 12.0. The van der Waals surface area contributed by atoms with Crippen LogP contribution in [0.15, 0.2) is 77.7 Å². The van der Waals surface area contributed by atoms with Gasteiger partial charge in [-0.1, -0.05) is 54.4 Å². The Hall–Kier alpha value is -3.72. The maximum atomic E-state index is 13.8. The number of nitrogens with zero attached hydrogens (tertiary/aromatic N) is 2. The van der Waals surface area contributed by atoms with Crippen LogP contribution in [0.3, 0.4) is 0 Å². The Morgan fingerprint density at radius 3 is 1.95 bits per heavy atom. The van der Waals surface area contributed by atoms with Crippen molar-refractivity contribution in [1.82, 2.24) is 10.2 Å². The molecule has 0 unspecified atom stereocenters. The van der Waals surface area contributed by atoms with E-state index < -0.39 is 34.3 Å². The van der Waals surface area contributed by atoms with Gasteiger partial charge in [0.25, 0.3) is 10.0 Å². The van der Waals surface area contributed by atoms with Crippen molar-refractivity contribution in [2.75, 3.05) is 17.9 Å². The van der Waals surface area contributed by atoms with Gasteiger partial charge < -0.3 is 10.2 Å². The van der Waals surface area contributed by atoms with Crippen LogP contribution in [0.2, 0.25) is 0 Å². The number of likely N-dealkylation sites (N-methyl/N-ethyl adjacent to an activating group) is 1. The van der Waals surface area contributed by atoms with Gasteiger partial charge in [0.15, 0.2) is 0 Å². The molecule has 0 fully saturated rings. The van der Waals surface area contributed by atoms with Crippen LogP contribution in [0.5, 0.6) is 0 Å². The second kappa shape index (κ2) is 12.0. The summed E-state index contributed by atoms with van der Waals surface area (Å²) in [6, 6.07) is 18.0. The molecule has 0 spiro atoms. The first kappa shape index (κ1) is 27.9. The zero-order valence-electron chi connectivity index (χ0n) is 21.4. The third-order valence-corrected chi connectivity index (χ3v) is 7.90. The van der Waals surface area contributed by atoms with E-state index in [0.717, 1.165) is 33.1 Å². The fourth-order valence-corrected chi connectivity index (χ4v) is 5.36. The minimum atomic E-state index is -4.23. The molecule has 0 aliphatic carbocycles. The van der Waals surface area contributed by atoms with Crippen LogP contribution in [0.4, 0.5) is 10.1 Å². The number of halogens is 1. The lowest BCUT2D eigenvalue weighted by molar-refractivity contribution is -0.140. The standard InChI is InChI=1S/C28H32FN3O4S/c1-5-26(28(34)30-4)31(18-22-10-6-20(2)7-11-22)27(33)19-32(24-14-8-21(3)9-15-24)37(35,36)25-16-12-23(29)13-17-25/h6-17,26H,5,18-19H2,1-4H3,(H,30,34)/t26-/m0/s1. The van der Waals surface area contributed by atoms with E-state index in [9.17, 15) is 22.4 Å². The number of carbonyl (C=O) groups excluding carboxylic acids is 2. The average Bonchev–Trinajstić information content (AvgIpc) is 2.88. The van der Waals surface area contributed by atoms with Gasteiger partial charge in [0.1, 0.15) is 18.4 Å². The summed E-state index contributed by atoms with van der Waals surface area (Å²) in [6.45, 7) is 5.20. The third-order valence-electron chi connectivity index (χ3n) is 6.11. The number of anilines is 1. The lowest BCUT2D eigenvalue weighted by Gasteiger charge is -2.33. The number of hydrogen-bond donors (Lipinski definition) is 1. The molecule has 37 heavy (non-hydrogen) atoms. The van der Waals surface area contributed by atoms with Gasteiger partial charge in [-0.05, 0) is 62.2 Å². The van der Waals surface area contributed by atoms with E-state index in [1.807, 2.05) is 38.1 Å². The van der Waals surface area contributed by atoms with Gasteiger partial charge in [0.05, 0.1) is 10.6 Å². The Balaban J connectivity index is 2.04. The van der Waals surface area contributed by atoms with Crippen LogP contribution in [-0.2, 0) is 26.2 Å². The SMILES string of the molecule is CC[C@@H](C(=O)NC)N(Cc1ccc(C)cc1)C(=O)CN(c1ccc(C)cc1)S(=O)(=O)c1ccc(F)cc1.